The van der Waals surface area contributed by atoms with Crippen LogP contribution in [0.3, 0.4) is 0 Å². The van der Waals surface area contributed by atoms with E-state index in [2.05, 4.69) is 10.9 Å². The normalized spacial score (nSPS) is 12.5. The summed E-state index contributed by atoms with van der Waals surface area (Å²) < 4.78 is 15.7. The molecule has 2 aromatic carbocycles. The first-order valence-corrected chi connectivity index (χ1v) is 8.82. The number of nitrogens with zero attached hydrogens (tertiary/aromatic N) is 1. The zero-order valence-electron chi connectivity index (χ0n) is 16.1. The van der Waals surface area contributed by atoms with Crippen molar-refractivity contribution in [3.05, 3.63) is 48.0 Å². The number of hydrazine groups is 1. The number of ether oxygens (including phenoxy) is 3. The van der Waals surface area contributed by atoms with E-state index in [9.17, 15) is 14.4 Å². The lowest BCUT2D eigenvalue weighted by atomic mass is 10.1. The molecule has 29 heavy (non-hydrogen) atoms. The molecule has 9 nitrogen and oxygen atoms in total. The summed E-state index contributed by atoms with van der Waals surface area (Å²) in [5, 5.41) is 0. The lowest BCUT2D eigenvalue weighted by Crippen LogP contribution is -2.50. The highest BCUT2D eigenvalue weighted by Gasteiger charge is 2.27. The van der Waals surface area contributed by atoms with Crippen LogP contribution in [0.25, 0.3) is 0 Å². The molecule has 0 bridgehead atoms. The number of nitrogens with one attached hydrogen (secondary N) is 2. The third-order valence-corrected chi connectivity index (χ3v) is 4.30. The Bertz CT molecular complexity index is 930. The highest BCUT2D eigenvalue weighted by molar-refractivity contribution is 6.02. The summed E-state index contributed by atoms with van der Waals surface area (Å²) >= 11 is 0. The minimum Gasteiger partial charge on any atom is -0.497 e. The molecule has 0 saturated carbocycles. The molecule has 0 fully saturated rings. The molecule has 0 radical (unpaired) electrons. The van der Waals surface area contributed by atoms with Crippen LogP contribution in [0.5, 0.6) is 17.2 Å². The zero-order valence-corrected chi connectivity index (χ0v) is 16.1. The van der Waals surface area contributed by atoms with Crippen LogP contribution in [-0.2, 0) is 20.8 Å². The molecule has 0 aromatic heterocycles. The minimum atomic E-state index is -0.537. The molecule has 9 heteroatoms. The van der Waals surface area contributed by atoms with E-state index in [1.54, 1.807) is 42.5 Å². The summed E-state index contributed by atoms with van der Waals surface area (Å²) in [6.45, 7) is -0.390. The second-order valence-corrected chi connectivity index (χ2v) is 6.19. The highest BCUT2D eigenvalue weighted by atomic mass is 16.5. The van der Waals surface area contributed by atoms with Gasteiger partial charge < -0.3 is 14.2 Å². The lowest BCUT2D eigenvalue weighted by molar-refractivity contribution is -0.129. The first kappa shape index (κ1) is 20.0. The number of carbonyl (C=O) groups excluding carboxylic acids is 3. The van der Waals surface area contributed by atoms with E-state index in [4.69, 9.17) is 14.2 Å². The van der Waals surface area contributed by atoms with Crippen LogP contribution >= 0.6 is 0 Å². The van der Waals surface area contributed by atoms with Crippen LogP contribution < -0.4 is 30.0 Å². The van der Waals surface area contributed by atoms with Crippen molar-refractivity contribution in [2.24, 2.45) is 0 Å². The summed E-state index contributed by atoms with van der Waals surface area (Å²) in [4.78, 5) is 37.8. The van der Waals surface area contributed by atoms with Crippen LogP contribution in [0.15, 0.2) is 42.5 Å². The number of amides is 3. The topological polar surface area (TPSA) is 106 Å². The predicted molar refractivity (Wildman–Crippen MR) is 104 cm³/mol. The van der Waals surface area contributed by atoms with Crippen molar-refractivity contribution in [2.75, 3.05) is 32.3 Å². The molecule has 2 N–H and O–H groups in total. The quantitative estimate of drug-likeness (QED) is 0.697. The molecule has 0 spiro atoms. The fourth-order valence-corrected chi connectivity index (χ4v) is 2.86. The van der Waals surface area contributed by atoms with Crippen molar-refractivity contribution in [3.63, 3.8) is 0 Å². The van der Waals surface area contributed by atoms with E-state index in [-0.39, 0.29) is 25.5 Å². The van der Waals surface area contributed by atoms with Gasteiger partial charge in [-0.15, -0.1) is 0 Å². The van der Waals surface area contributed by atoms with Gasteiger partial charge in [0.05, 0.1) is 26.3 Å². The van der Waals surface area contributed by atoms with Gasteiger partial charge >= 0.3 is 0 Å². The summed E-state index contributed by atoms with van der Waals surface area (Å²) in [7, 11) is 3.03. The molecular formula is C20H21N3O6. The van der Waals surface area contributed by atoms with E-state index >= 15 is 0 Å². The summed E-state index contributed by atoms with van der Waals surface area (Å²) in [6.07, 6.45) is -0.00718. The molecule has 0 unspecified atom stereocenters. The van der Waals surface area contributed by atoms with Gasteiger partial charge in [-0.3, -0.25) is 30.1 Å². The van der Waals surface area contributed by atoms with Crippen molar-refractivity contribution < 1.29 is 28.6 Å². The maximum atomic E-state index is 12.2. The Morgan fingerprint density at radius 1 is 1.07 bits per heavy atom. The third kappa shape index (κ3) is 4.75. The summed E-state index contributed by atoms with van der Waals surface area (Å²) in [6, 6.07) is 12.0. The average molecular weight is 399 g/mol. The second-order valence-electron chi connectivity index (χ2n) is 6.19. The first-order chi connectivity index (χ1) is 14.0. The molecule has 3 rings (SSSR count). The Morgan fingerprint density at radius 2 is 1.83 bits per heavy atom. The van der Waals surface area contributed by atoms with Crippen molar-refractivity contribution in [2.45, 2.75) is 6.42 Å². The maximum absolute atomic E-state index is 12.2. The fourth-order valence-electron chi connectivity index (χ4n) is 2.86. The van der Waals surface area contributed by atoms with Crippen molar-refractivity contribution in [1.29, 1.82) is 0 Å². The minimum absolute atomic E-state index is 0.00718. The molecule has 1 aliphatic heterocycles. The molecule has 2 aromatic rings. The Morgan fingerprint density at radius 3 is 2.59 bits per heavy atom. The van der Waals surface area contributed by atoms with Gasteiger partial charge in [0.1, 0.15) is 23.8 Å². The molecule has 0 saturated heterocycles. The molecule has 0 atom stereocenters. The van der Waals surface area contributed by atoms with Gasteiger partial charge in [0.2, 0.25) is 5.91 Å². The SMILES string of the molecule is COc1ccc(CC(=O)NNC(=O)CN2C(=O)COc3ccccc32)c(OC)c1. The number of rotatable bonds is 6. The molecule has 1 aliphatic rings. The summed E-state index contributed by atoms with van der Waals surface area (Å²) in [5.74, 6) is 0.320. The largest absolute Gasteiger partial charge is 0.497 e. The van der Waals surface area contributed by atoms with Crippen LogP contribution in [0, 0.1) is 0 Å². The Labute approximate surface area is 167 Å². The number of para-hydroxylation sites is 2. The molecular weight excluding hydrogens is 378 g/mol. The van der Waals surface area contributed by atoms with Crippen molar-refractivity contribution >= 4 is 23.4 Å². The van der Waals surface area contributed by atoms with Gasteiger partial charge in [-0.1, -0.05) is 18.2 Å². The summed E-state index contributed by atoms with van der Waals surface area (Å²) in [5.41, 5.74) is 5.81. The standard InChI is InChI=1S/C20H21N3O6/c1-27-14-8-7-13(17(10-14)28-2)9-18(24)21-22-19(25)11-23-15-5-3-4-6-16(15)29-12-20(23)26/h3-8,10H,9,11-12H2,1-2H3,(H,21,24)(H,22,25). The van der Waals surface area contributed by atoms with Crippen LogP contribution in [0.4, 0.5) is 5.69 Å². The van der Waals surface area contributed by atoms with E-state index in [1.807, 2.05) is 0 Å². The van der Waals surface area contributed by atoms with Gasteiger partial charge in [-0.05, 0) is 18.2 Å². The van der Waals surface area contributed by atoms with Crippen LogP contribution in [0.2, 0.25) is 0 Å². The van der Waals surface area contributed by atoms with Gasteiger partial charge in [-0.25, -0.2) is 0 Å². The zero-order chi connectivity index (χ0) is 20.8. The van der Waals surface area contributed by atoms with E-state index in [1.165, 1.54) is 19.1 Å². The second kappa shape index (κ2) is 8.96. The lowest BCUT2D eigenvalue weighted by Gasteiger charge is -2.28. The van der Waals surface area contributed by atoms with Crippen LogP contribution in [-0.4, -0.2) is 45.1 Å². The number of fused-ring (bicyclic) bond motifs is 1. The number of hydrogen-bond donors (Lipinski definition) is 2. The smallest absolute Gasteiger partial charge is 0.265 e. The average Bonchev–Trinajstić information content (AvgIpc) is 2.74. The van der Waals surface area contributed by atoms with Crippen molar-refractivity contribution in [1.82, 2.24) is 10.9 Å². The van der Waals surface area contributed by atoms with E-state index in [0.717, 1.165) is 0 Å². The molecule has 152 valence electrons. The Kier molecular flexibility index (Phi) is 6.18. The van der Waals surface area contributed by atoms with Gasteiger partial charge in [0.15, 0.2) is 6.61 Å². The van der Waals surface area contributed by atoms with Crippen molar-refractivity contribution in [3.8, 4) is 17.2 Å². The molecule has 3 amide bonds. The fraction of sp³-hybridized carbons (Fsp3) is 0.250. The number of benzene rings is 2. The maximum Gasteiger partial charge on any atom is 0.265 e. The number of methoxy groups -OCH3 is 2. The van der Waals surface area contributed by atoms with E-state index < -0.39 is 11.8 Å². The number of hydrogen-bond acceptors (Lipinski definition) is 6. The van der Waals surface area contributed by atoms with Gasteiger partial charge in [-0.2, -0.15) is 0 Å². The third-order valence-electron chi connectivity index (χ3n) is 4.30. The Hall–Kier alpha value is -3.75. The van der Waals surface area contributed by atoms with Crippen LogP contribution in [0.1, 0.15) is 5.56 Å². The van der Waals surface area contributed by atoms with Gasteiger partial charge in [0, 0.05) is 11.6 Å². The molecule has 1 heterocycles. The highest BCUT2D eigenvalue weighted by Crippen LogP contribution is 2.31. The number of carbonyl (C=O) groups is 3. The van der Waals surface area contributed by atoms with Gasteiger partial charge in [0.25, 0.3) is 11.8 Å². The first-order valence-electron chi connectivity index (χ1n) is 8.82. The predicted octanol–water partition coefficient (Wildman–Crippen LogP) is 0.819. The monoisotopic (exact) mass is 399 g/mol. The van der Waals surface area contributed by atoms with E-state index in [0.29, 0.717) is 28.5 Å². The molecule has 0 aliphatic carbocycles. The number of anilines is 1. The Balaban J connectivity index is 1.56.